The summed E-state index contributed by atoms with van der Waals surface area (Å²) in [4.78, 5) is 22.3. The van der Waals surface area contributed by atoms with E-state index in [0.717, 1.165) is 0 Å². The number of anilines is 1. The molecule has 0 bridgehead atoms. The number of rotatable bonds is 4. The van der Waals surface area contributed by atoms with Gasteiger partial charge in [0.2, 0.25) is 0 Å². The zero-order chi connectivity index (χ0) is 16.4. The molecule has 1 amide bonds. The van der Waals surface area contributed by atoms with Gasteiger partial charge in [-0.05, 0) is 12.1 Å². The number of hydrogen-bond donors (Lipinski definition) is 1. The van der Waals surface area contributed by atoms with Crippen molar-refractivity contribution in [2.24, 2.45) is 10.2 Å². The fourth-order valence-corrected chi connectivity index (χ4v) is 2.36. The highest BCUT2D eigenvalue weighted by Crippen LogP contribution is 2.33. The van der Waals surface area contributed by atoms with E-state index in [1.54, 1.807) is 36.4 Å². The SMILES string of the molecule is Nc1cccc2c1C(=O)N=NC2OCc1ccccc1[N+](=O)[O-]. The molecule has 0 spiro atoms. The average molecular weight is 312 g/mol. The number of nitrogen functional groups attached to an aromatic ring is 1. The molecule has 0 saturated heterocycles. The molecule has 8 nitrogen and oxygen atoms in total. The zero-order valence-corrected chi connectivity index (χ0v) is 11.9. The Balaban J connectivity index is 1.86. The molecule has 2 N–H and O–H groups in total. The van der Waals surface area contributed by atoms with E-state index in [2.05, 4.69) is 10.2 Å². The van der Waals surface area contributed by atoms with E-state index in [1.165, 1.54) is 6.07 Å². The van der Waals surface area contributed by atoms with Crippen LogP contribution in [0.15, 0.2) is 52.7 Å². The lowest BCUT2D eigenvalue weighted by atomic mass is 10.0. The van der Waals surface area contributed by atoms with Crippen LogP contribution in [0.1, 0.15) is 27.7 Å². The number of hydrogen-bond acceptors (Lipinski definition) is 6. The predicted octanol–water partition coefficient (Wildman–Crippen LogP) is 3.00. The van der Waals surface area contributed by atoms with Gasteiger partial charge in [-0.15, -0.1) is 10.2 Å². The van der Waals surface area contributed by atoms with Crippen molar-refractivity contribution < 1.29 is 14.5 Å². The van der Waals surface area contributed by atoms with Gasteiger partial charge in [0.15, 0.2) is 6.23 Å². The van der Waals surface area contributed by atoms with Gasteiger partial charge in [0.05, 0.1) is 22.7 Å². The molecule has 1 aliphatic heterocycles. The highest BCUT2D eigenvalue weighted by atomic mass is 16.6. The van der Waals surface area contributed by atoms with E-state index < -0.39 is 17.1 Å². The summed E-state index contributed by atoms with van der Waals surface area (Å²) in [6.45, 7) is -0.0384. The number of amides is 1. The Labute approximate surface area is 130 Å². The number of para-hydroxylation sites is 1. The van der Waals surface area contributed by atoms with Crippen LogP contribution < -0.4 is 5.73 Å². The topological polar surface area (TPSA) is 120 Å². The summed E-state index contributed by atoms with van der Waals surface area (Å²) in [5.41, 5.74) is 7.23. The Hall–Kier alpha value is -3.13. The highest BCUT2D eigenvalue weighted by molar-refractivity contribution is 6.01. The molecule has 0 saturated carbocycles. The molecule has 116 valence electrons. The maximum atomic E-state index is 11.8. The number of carbonyl (C=O) groups is 1. The third kappa shape index (κ3) is 2.79. The molecule has 8 heteroatoms. The third-order valence-electron chi connectivity index (χ3n) is 3.45. The van der Waals surface area contributed by atoms with E-state index in [-0.39, 0.29) is 17.9 Å². The van der Waals surface area contributed by atoms with Crippen molar-refractivity contribution in [3.8, 4) is 0 Å². The summed E-state index contributed by atoms with van der Waals surface area (Å²) in [6.07, 6.45) is -0.828. The largest absolute Gasteiger partial charge is 0.398 e. The number of fused-ring (bicyclic) bond motifs is 1. The van der Waals surface area contributed by atoms with Gasteiger partial charge in [-0.2, -0.15) is 0 Å². The minimum atomic E-state index is -0.828. The van der Waals surface area contributed by atoms with Crippen LogP contribution in [-0.4, -0.2) is 10.8 Å². The molecule has 2 aromatic carbocycles. The molecular weight excluding hydrogens is 300 g/mol. The minimum absolute atomic E-state index is 0.0378. The van der Waals surface area contributed by atoms with E-state index in [0.29, 0.717) is 16.8 Å². The number of nitrogens with two attached hydrogens (primary N) is 1. The summed E-state index contributed by atoms with van der Waals surface area (Å²) in [5.74, 6) is -0.524. The first kappa shape index (κ1) is 14.8. The zero-order valence-electron chi connectivity index (χ0n) is 11.9. The number of benzene rings is 2. The number of azo groups is 1. The fourth-order valence-electron chi connectivity index (χ4n) is 2.36. The van der Waals surface area contributed by atoms with Crippen molar-refractivity contribution in [2.75, 3.05) is 5.73 Å². The number of nitro benzene ring substituents is 1. The van der Waals surface area contributed by atoms with Gasteiger partial charge in [-0.3, -0.25) is 14.9 Å². The average Bonchev–Trinajstić information content (AvgIpc) is 2.54. The van der Waals surface area contributed by atoms with Crippen molar-refractivity contribution in [2.45, 2.75) is 12.8 Å². The van der Waals surface area contributed by atoms with Crippen LogP contribution in [0.25, 0.3) is 0 Å². The Morgan fingerprint density at radius 2 is 2.00 bits per heavy atom. The molecular formula is C15H12N4O4. The number of ether oxygens (including phenoxy) is 1. The van der Waals surface area contributed by atoms with Gasteiger partial charge in [-0.25, -0.2) is 0 Å². The van der Waals surface area contributed by atoms with Gasteiger partial charge in [0.25, 0.3) is 11.6 Å². The second-order valence-corrected chi connectivity index (χ2v) is 4.88. The smallest absolute Gasteiger partial charge is 0.297 e. The Bertz CT molecular complexity index is 819. The van der Waals surface area contributed by atoms with Crippen LogP contribution in [0.5, 0.6) is 0 Å². The Kier molecular flexibility index (Phi) is 3.82. The summed E-state index contributed by atoms with van der Waals surface area (Å²) in [6, 6.07) is 11.2. The van der Waals surface area contributed by atoms with Crippen molar-refractivity contribution in [1.29, 1.82) is 0 Å². The normalized spacial score (nSPS) is 16.2. The standard InChI is InChI=1S/C15H12N4O4/c16-11-6-3-5-10-13(11)14(20)17-18-15(10)23-8-9-4-1-2-7-12(9)19(21)22/h1-7,15H,8,16H2. The Morgan fingerprint density at radius 3 is 2.78 bits per heavy atom. The van der Waals surface area contributed by atoms with Gasteiger partial charge in [-0.1, -0.05) is 24.3 Å². The van der Waals surface area contributed by atoms with Crippen LogP contribution in [0.4, 0.5) is 11.4 Å². The second-order valence-electron chi connectivity index (χ2n) is 4.88. The summed E-state index contributed by atoms with van der Waals surface area (Å²) < 4.78 is 5.62. The van der Waals surface area contributed by atoms with Crippen molar-refractivity contribution in [3.63, 3.8) is 0 Å². The van der Waals surface area contributed by atoms with Gasteiger partial charge < -0.3 is 10.5 Å². The monoisotopic (exact) mass is 312 g/mol. The number of nitro groups is 1. The molecule has 23 heavy (non-hydrogen) atoms. The quantitative estimate of drug-likeness (QED) is 0.528. The van der Waals surface area contributed by atoms with Crippen LogP contribution in [0.3, 0.4) is 0 Å². The summed E-state index contributed by atoms with van der Waals surface area (Å²) in [5, 5.41) is 18.3. The molecule has 1 unspecified atom stereocenters. The molecule has 0 aromatic heterocycles. The lowest BCUT2D eigenvalue weighted by Gasteiger charge is -2.19. The molecule has 0 radical (unpaired) electrons. The molecule has 1 aliphatic rings. The third-order valence-corrected chi connectivity index (χ3v) is 3.45. The van der Waals surface area contributed by atoms with E-state index >= 15 is 0 Å². The minimum Gasteiger partial charge on any atom is -0.398 e. The first-order valence-corrected chi connectivity index (χ1v) is 6.75. The number of carbonyl (C=O) groups excluding carboxylic acids is 1. The van der Waals surface area contributed by atoms with Crippen LogP contribution in [0.2, 0.25) is 0 Å². The predicted molar refractivity (Wildman–Crippen MR) is 80.7 cm³/mol. The molecule has 2 aromatic rings. The van der Waals surface area contributed by atoms with Gasteiger partial charge in [0.1, 0.15) is 0 Å². The maximum absolute atomic E-state index is 11.8. The van der Waals surface area contributed by atoms with Crippen LogP contribution in [0, 0.1) is 10.1 Å². The molecule has 1 atom stereocenters. The number of nitrogens with zero attached hydrogens (tertiary/aromatic N) is 3. The first-order chi connectivity index (χ1) is 11.1. The highest BCUT2D eigenvalue weighted by Gasteiger charge is 2.27. The fraction of sp³-hybridized carbons (Fsp3) is 0.133. The lowest BCUT2D eigenvalue weighted by Crippen LogP contribution is -2.15. The maximum Gasteiger partial charge on any atom is 0.297 e. The van der Waals surface area contributed by atoms with E-state index in [1.807, 2.05) is 0 Å². The van der Waals surface area contributed by atoms with Gasteiger partial charge in [0, 0.05) is 17.3 Å². The van der Waals surface area contributed by atoms with Gasteiger partial charge >= 0.3 is 0 Å². The summed E-state index contributed by atoms with van der Waals surface area (Å²) >= 11 is 0. The van der Waals surface area contributed by atoms with Crippen LogP contribution >= 0.6 is 0 Å². The lowest BCUT2D eigenvalue weighted by molar-refractivity contribution is -0.386. The van der Waals surface area contributed by atoms with E-state index in [9.17, 15) is 14.9 Å². The summed E-state index contributed by atoms with van der Waals surface area (Å²) in [7, 11) is 0. The molecule has 1 heterocycles. The Morgan fingerprint density at radius 1 is 1.22 bits per heavy atom. The van der Waals surface area contributed by atoms with Crippen molar-refractivity contribution in [1.82, 2.24) is 0 Å². The van der Waals surface area contributed by atoms with Crippen molar-refractivity contribution in [3.05, 3.63) is 69.3 Å². The molecule has 0 fully saturated rings. The van der Waals surface area contributed by atoms with Crippen LogP contribution in [-0.2, 0) is 11.3 Å². The first-order valence-electron chi connectivity index (χ1n) is 6.75. The van der Waals surface area contributed by atoms with Crippen molar-refractivity contribution >= 4 is 17.3 Å². The second kappa shape index (κ2) is 5.93. The molecule has 3 rings (SSSR count). The van der Waals surface area contributed by atoms with E-state index in [4.69, 9.17) is 10.5 Å². The molecule has 0 aliphatic carbocycles.